The summed E-state index contributed by atoms with van der Waals surface area (Å²) in [5, 5.41) is 21.8. The van der Waals surface area contributed by atoms with Gasteiger partial charge in [-0.2, -0.15) is 0 Å². The van der Waals surface area contributed by atoms with Crippen molar-refractivity contribution in [3.63, 3.8) is 0 Å². The third-order valence-electron chi connectivity index (χ3n) is 4.22. The maximum Gasteiger partial charge on any atom is 0.248 e. The van der Waals surface area contributed by atoms with Gasteiger partial charge in [0.25, 0.3) is 0 Å². The summed E-state index contributed by atoms with van der Waals surface area (Å²) in [7, 11) is 0. The average Bonchev–Trinajstić information content (AvgIpc) is 2.67. The Morgan fingerprint density at radius 3 is 1.21 bits per heavy atom. The number of phenolic OH excluding ortho intramolecular Hbond substituents is 2. The first-order chi connectivity index (χ1) is 13.3. The number of aromatic hydroxyl groups is 2. The van der Waals surface area contributed by atoms with Gasteiger partial charge in [0.15, 0.2) is 0 Å². The highest BCUT2D eigenvalue weighted by Crippen LogP contribution is 2.23. The number of amides is 2. The number of primary amides is 2. The molecule has 0 aliphatic carbocycles. The third kappa shape index (κ3) is 4.19. The van der Waals surface area contributed by atoms with E-state index in [0.717, 1.165) is 21.5 Å². The van der Waals surface area contributed by atoms with E-state index in [1.54, 1.807) is 72.8 Å². The van der Waals surface area contributed by atoms with Crippen LogP contribution in [0.15, 0.2) is 72.8 Å². The summed E-state index contributed by atoms with van der Waals surface area (Å²) in [6.45, 7) is 0. The molecule has 0 saturated carbocycles. The highest BCUT2D eigenvalue weighted by Gasteiger charge is 2.04. The van der Waals surface area contributed by atoms with Gasteiger partial charge >= 0.3 is 0 Å². The van der Waals surface area contributed by atoms with Crippen molar-refractivity contribution in [3.8, 4) is 11.5 Å². The normalized spacial score (nSPS) is 10.3. The minimum absolute atomic E-state index is 0.244. The molecule has 6 N–H and O–H groups in total. The van der Waals surface area contributed by atoms with Gasteiger partial charge in [0, 0.05) is 11.1 Å². The molecule has 0 heterocycles. The third-order valence-corrected chi connectivity index (χ3v) is 4.22. The van der Waals surface area contributed by atoms with Crippen LogP contribution in [0, 0.1) is 0 Å². The average molecular weight is 374 g/mol. The zero-order valence-corrected chi connectivity index (χ0v) is 14.8. The Labute approximate surface area is 160 Å². The van der Waals surface area contributed by atoms with Crippen molar-refractivity contribution in [3.05, 3.63) is 83.9 Å². The number of hydrogen-bond acceptors (Lipinski definition) is 4. The molecule has 140 valence electrons. The molecule has 0 fully saturated rings. The van der Waals surface area contributed by atoms with Crippen LogP contribution in [0.25, 0.3) is 21.5 Å². The molecule has 6 heteroatoms. The molecule has 0 aliphatic rings. The second kappa shape index (κ2) is 7.67. The minimum atomic E-state index is -0.471. The van der Waals surface area contributed by atoms with E-state index >= 15 is 0 Å². The number of rotatable bonds is 2. The van der Waals surface area contributed by atoms with Crippen molar-refractivity contribution in [2.75, 3.05) is 0 Å². The topological polar surface area (TPSA) is 127 Å². The molecule has 0 atom stereocenters. The molecule has 4 aromatic carbocycles. The van der Waals surface area contributed by atoms with Crippen LogP contribution in [0.4, 0.5) is 0 Å². The second-order valence-electron chi connectivity index (χ2n) is 6.22. The lowest BCUT2D eigenvalue weighted by Crippen LogP contribution is -2.11. The molecule has 2 amide bonds. The van der Waals surface area contributed by atoms with Gasteiger partial charge in [0.1, 0.15) is 11.5 Å². The van der Waals surface area contributed by atoms with Crippen molar-refractivity contribution in [2.24, 2.45) is 11.5 Å². The molecular formula is C22H18N2O4. The number of hydrogen-bond donors (Lipinski definition) is 4. The molecule has 4 rings (SSSR count). The van der Waals surface area contributed by atoms with Crippen molar-refractivity contribution in [1.82, 2.24) is 0 Å². The monoisotopic (exact) mass is 374 g/mol. The van der Waals surface area contributed by atoms with E-state index < -0.39 is 11.8 Å². The van der Waals surface area contributed by atoms with E-state index in [9.17, 15) is 9.59 Å². The van der Waals surface area contributed by atoms with E-state index in [1.165, 1.54) is 0 Å². The molecule has 0 bridgehead atoms. The van der Waals surface area contributed by atoms with Gasteiger partial charge in [-0.15, -0.1) is 0 Å². The lowest BCUT2D eigenvalue weighted by molar-refractivity contribution is 0.0991. The Morgan fingerprint density at radius 2 is 0.857 bits per heavy atom. The fraction of sp³-hybridized carbons (Fsp3) is 0. The van der Waals surface area contributed by atoms with Crippen molar-refractivity contribution in [2.45, 2.75) is 0 Å². The fourth-order valence-electron chi connectivity index (χ4n) is 2.77. The molecule has 4 aromatic rings. The Bertz CT molecular complexity index is 1110. The smallest absolute Gasteiger partial charge is 0.248 e. The summed E-state index contributed by atoms with van der Waals surface area (Å²) in [4.78, 5) is 21.9. The number of nitrogens with two attached hydrogens (primary N) is 2. The molecular weight excluding hydrogens is 356 g/mol. The van der Waals surface area contributed by atoms with E-state index in [0.29, 0.717) is 11.1 Å². The van der Waals surface area contributed by atoms with Crippen LogP contribution >= 0.6 is 0 Å². The molecule has 6 nitrogen and oxygen atoms in total. The summed E-state index contributed by atoms with van der Waals surface area (Å²) in [5.41, 5.74) is 11.2. The van der Waals surface area contributed by atoms with Crippen LogP contribution in [-0.2, 0) is 0 Å². The number of phenols is 2. The zero-order chi connectivity index (χ0) is 20.3. The first kappa shape index (κ1) is 18.7. The molecule has 0 spiro atoms. The van der Waals surface area contributed by atoms with Gasteiger partial charge in [-0.3, -0.25) is 9.59 Å². The van der Waals surface area contributed by atoms with Crippen LogP contribution in [0.3, 0.4) is 0 Å². The summed E-state index contributed by atoms with van der Waals surface area (Å²) in [5.74, 6) is -0.455. The standard InChI is InChI=1S/C12H10N2O2.C10H8O2/c13-11(15)9-3-1-7-5-10(12(14)16)4-2-8(7)6-9;11-9-3-1-7-5-10(12)4-2-8(7)6-9/h1-6H,(H2,13,15)(H2,14,16);1-6,11-12H. The van der Waals surface area contributed by atoms with Gasteiger partial charge in [-0.25, -0.2) is 0 Å². The lowest BCUT2D eigenvalue weighted by atomic mass is 10.0. The van der Waals surface area contributed by atoms with Crippen molar-refractivity contribution in [1.29, 1.82) is 0 Å². The predicted octanol–water partition coefficient (Wildman–Crippen LogP) is 3.29. The second-order valence-corrected chi connectivity index (χ2v) is 6.22. The molecule has 0 radical (unpaired) electrons. The van der Waals surface area contributed by atoms with Crippen molar-refractivity contribution < 1.29 is 19.8 Å². The van der Waals surface area contributed by atoms with E-state index in [1.807, 2.05) is 0 Å². The highest BCUT2D eigenvalue weighted by molar-refractivity contribution is 6.00. The molecule has 0 aliphatic heterocycles. The van der Waals surface area contributed by atoms with Crippen LogP contribution in [0.5, 0.6) is 11.5 Å². The number of benzene rings is 4. The van der Waals surface area contributed by atoms with Gasteiger partial charge < -0.3 is 21.7 Å². The van der Waals surface area contributed by atoms with Gasteiger partial charge in [0.2, 0.25) is 11.8 Å². The molecule has 28 heavy (non-hydrogen) atoms. The summed E-state index contributed by atoms with van der Waals surface area (Å²) >= 11 is 0. The first-order valence-corrected chi connectivity index (χ1v) is 8.38. The summed E-state index contributed by atoms with van der Waals surface area (Å²) in [6, 6.07) is 20.1. The Balaban J connectivity index is 0.000000167. The largest absolute Gasteiger partial charge is 0.508 e. The lowest BCUT2D eigenvalue weighted by Gasteiger charge is -2.02. The Kier molecular flexibility index (Phi) is 5.13. The van der Waals surface area contributed by atoms with E-state index in [2.05, 4.69) is 0 Å². The fourth-order valence-corrected chi connectivity index (χ4v) is 2.77. The maximum absolute atomic E-state index is 11.0. The molecule has 0 aromatic heterocycles. The summed E-state index contributed by atoms with van der Waals surface area (Å²) in [6.07, 6.45) is 0. The van der Waals surface area contributed by atoms with Gasteiger partial charge in [0.05, 0.1) is 0 Å². The molecule has 0 unspecified atom stereocenters. The zero-order valence-electron chi connectivity index (χ0n) is 14.8. The van der Waals surface area contributed by atoms with Crippen LogP contribution in [-0.4, -0.2) is 22.0 Å². The van der Waals surface area contributed by atoms with Gasteiger partial charge in [-0.1, -0.05) is 24.3 Å². The number of carbonyl (C=O) groups is 2. The number of carbonyl (C=O) groups excluding carboxylic acids is 2. The molecule has 0 saturated heterocycles. The number of fused-ring (bicyclic) bond motifs is 2. The Hall–Kier alpha value is -4.06. The van der Waals surface area contributed by atoms with E-state index in [4.69, 9.17) is 21.7 Å². The van der Waals surface area contributed by atoms with Gasteiger partial charge in [-0.05, 0) is 70.1 Å². The Morgan fingerprint density at radius 1 is 0.536 bits per heavy atom. The van der Waals surface area contributed by atoms with Crippen LogP contribution in [0.1, 0.15) is 20.7 Å². The minimum Gasteiger partial charge on any atom is -0.508 e. The predicted molar refractivity (Wildman–Crippen MR) is 108 cm³/mol. The summed E-state index contributed by atoms with van der Waals surface area (Å²) < 4.78 is 0. The van der Waals surface area contributed by atoms with Crippen LogP contribution in [0.2, 0.25) is 0 Å². The van der Waals surface area contributed by atoms with Crippen LogP contribution < -0.4 is 11.5 Å². The van der Waals surface area contributed by atoms with Crippen molar-refractivity contribution >= 4 is 33.4 Å². The first-order valence-electron chi connectivity index (χ1n) is 8.38. The van der Waals surface area contributed by atoms with E-state index in [-0.39, 0.29) is 11.5 Å². The maximum atomic E-state index is 11.0. The highest BCUT2D eigenvalue weighted by atomic mass is 16.3. The SMILES string of the molecule is NC(=O)c1ccc2cc(C(N)=O)ccc2c1.Oc1ccc2cc(O)ccc2c1. The quantitative estimate of drug-likeness (QED) is 0.429.